The van der Waals surface area contributed by atoms with Crippen molar-refractivity contribution in [2.75, 3.05) is 0 Å². The molecule has 2 aromatic carbocycles. The normalized spacial score (nSPS) is 11.4. The number of benzene rings is 2. The van der Waals surface area contributed by atoms with Gasteiger partial charge in [-0.05, 0) is 42.2 Å². The number of imidazole rings is 1. The molecule has 28 heavy (non-hydrogen) atoms. The van der Waals surface area contributed by atoms with Crippen LogP contribution in [0.3, 0.4) is 0 Å². The quantitative estimate of drug-likeness (QED) is 0.496. The molecule has 0 unspecified atom stereocenters. The van der Waals surface area contributed by atoms with E-state index in [4.69, 9.17) is 0 Å². The lowest BCUT2D eigenvalue weighted by Gasteiger charge is -2.10. The van der Waals surface area contributed by atoms with Crippen molar-refractivity contribution in [1.82, 2.24) is 19.5 Å². The van der Waals surface area contributed by atoms with Crippen molar-refractivity contribution in [3.63, 3.8) is 0 Å². The topological polar surface area (TPSA) is 63.6 Å². The van der Waals surface area contributed by atoms with E-state index < -0.39 is 0 Å². The zero-order valence-electron chi connectivity index (χ0n) is 16.1. The third-order valence-corrected chi connectivity index (χ3v) is 5.75. The van der Waals surface area contributed by atoms with Crippen molar-refractivity contribution < 1.29 is 0 Å². The van der Waals surface area contributed by atoms with Crippen molar-refractivity contribution in [3.05, 3.63) is 82.2 Å². The zero-order valence-corrected chi connectivity index (χ0v) is 17.0. The van der Waals surface area contributed by atoms with Crippen molar-refractivity contribution in [2.45, 2.75) is 37.6 Å². The Labute approximate surface area is 167 Å². The van der Waals surface area contributed by atoms with Crippen LogP contribution in [0.15, 0.2) is 64.8 Å². The maximum atomic E-state index is 12.4. The molecule has 0 radical (unpaired) electrons. The molecule has 2 heterocycles. The number of thioether (sulfide) groups is 1. The maximum Gasteiger partial charge on any atom is 0.258 e. The smallest absolute Gasteiger partial charge is 0.258 e. The summed E-state index contributed by atoms with van der Waals surface area (Å²) in [5, 5.41) is 1.49. The van der Waals surface area contributed by atoms with Gasteiger partial charge in [-0.3, -0.25) is 9.36 Å². The number of aromatic nitrogens is 4. The van der Waals surface area contributed by atoms with E-state index in [1.165, 1.54) is 5.56 Å². The molecular weight excluding hydrogens is 368 g/mol. The highest BCUT2D eigenvalue weighted by molar-refractivity contribution is 7.98. The molecule has 1 N–H and O–H groups in total. The van der Waals surface area contributed by atoms with Crippen LogP contribution in [0.5, 0.6) is 0 Å². The monoisotopic (exact) mass is 390 g/mol. The Kier molecular flexibility index (Phi) is 5.05. The van der Waals surface area contributed by atoms with E-state index in [0.29, 0.717) is 22.9 Å². The Morgan fingerprint density at radius 1 is 1.14 bits per heavy atom. The van der Waals surface area contributed by atoms with Crippen molar-refractivity contribution in [1.29, 1.82) is 0 Å². The number of aromatic amines is 1. The molecule has 4 aromatic rings. The van der Waals surface area contributed by atoms with Gasteiger partial charge in [0.1, 0.15) is 5.82 Å². The standard InChI is InChI=1S/C22H22N4OS/c1-14(2)16-7-9-17(10-8-16)26-12-11-23-22(26)28-13-19-24-20-15(3)5-4-6-18(20)21(27)25-19/h4-12,14H,13H2,1-3H3,(H,24,25,27). The second-order valence-electron chi connectivity index (χ2n) is 7.10. The molecule has 0 fully saturated rings. The number of H-pyrrole nitrogens is 1. The van der Waals surface area contributed by atoms with E-state index in [1.54, 1.807) is 24.0 Å². The molecule has 4 rings (SSSR count). The number of nitrogens with zero attached hydrogens (tertiary/aromatic N) is 3. The Balaban J connectivity index is 1.58. The van der Waals surface area contributed by atoms with E-state index in [0.717, 1.165) is 21.9 Å². The first-order chi connectivity index (χ1) is 13.5. The minimum Gasteiger partial charge on any atom is -0.309 e. The molecule has 0 atom stereocenters. The Morgan fingerprint density at radius 3 is 2.68 bits per heavy atom. The Bertz CT molecular complexity index is 1180. The number of para-hydroxylation sites is 1. The number of hydrogen-bond acceptors (Lipinski definition) is 4. The van der Waals surface area contributed by atoms with E-state index in [9.17, 15) is 4.79 Å². The predicted octanol–water partition coefficient (Wildman–Crippen LogP) is 4.83. The summed E-state index contributed by atoms with van der Waals surface area (Å²) in [6.07, 6.45) is 3.74. The van der Waals surface area contributed by atoms with Crippen LogP contribution in [-0.4, -0.2) is 19.5 Å². The summed E-state index contributed by atoms with van der Waals surface area (Å²) < 4.78 is 2.05. The van der Waals surface area contributed by atoms with Crippen LogP contribution in [0.25, 0.3) is 16.6 Å². The summed E-state index contributed by atoms with van der Waals surface area (Å²) in [6, 6.07) is 14.2. The molecule has 5 nitrogen and oxygen atoms in total. The number of nitrogens with one attached hydrogen (secondary N) is 1. The second-order valence-corrected chi connectivity index (χ2v) is 8.04. The van der Waals surface area contributed by atoms with Gasteiger partial charge in [-0.1, -0.05) is 49.9 Å². The molecule has 2 aromatic heterocycles. The van der Waals surface area contributed by atoms with Crippen molar-refractivity contribution in [3.8, 4) is 5.69 Å². The minimum absolute atomic E-state index is 0.100. The number of aryl methyl sites for hydroxylation is 1. The highest BCUT2D eigenvalue weighted by atomic mass is 32.2. The van der Waals surface area contributed by atoms with Gasteiger partial charge < -0.3 is 4.98 Å². The number of hydrogen-bond donors (Lipinski definition) is 1. The molecule has 0 saturated carbocycles. The van der Waals surface area contributed by atoms with Crippen molar-refractivity contribution >= 4 is 22.7 Å². The maximum absolute atomic E-state index is 12.4. The molecule has 0 aliphatic carbocycles. The van der Waals surface area contributed by atoms with Crippen molar-refractivity contribution in [2.24, 2.45) is 0 Å². The summed E-state index contributed by atoms with van der Waals surface area (Å²) in [4.78, 5) is 24.4. The first-order valence-electron chi connectivity index (χ1n) is 9.28. The van der Waals surface area contributed by atoms with Crippen LogP contribution < -0.4 is 5.56 Å². The van der Waals surface area contributed by atoms with Crippen LogP contribution in [0, 0.1) is 6.92 Å². The van der Waals surface area contributed by atoms with Gasteiger partial charge in [0.2, 0.25) is 0 Å². The highest BCUT2D eigenvalue weighted by Crippen LogP contribution is 2.25. The van der Waals surface area contributed by atoms with E-state index in [2.05, 4.69) is 57.6 Å². The minimum atomic E-state index is -0.100. The molecule has 0 aliphatic heterocycles. The lowest BCUT2D eigenvalue weighted by molar-refractivity contribution is 0.858. The Morgan fingerprint density at radius 2 is 1.93 bits per heavy atom. The summed E-state index contributed by atoms with van der Waals surface area (Å²) in [6.45, 7) is 6.35. The van der Waals surface area contributed by atoms with Gasteiger partial charge in [-0.2, -0.15) is 0 Å². The summed E-state index contributed by atoms with van der Waals surface area (Å²) in [5.74, 6) is 1.70. The van der Waals surface area contributed by atoms with Crippen LogP contribution in [0.1, 0.15) is 36.7 Å². The molecule has 142 valence electrons. The van der Waals surface area contributed by atoms with E-state index in [1.807, 2.05) is 25.3 Å². The van der Waals surface area contributed by atoms with E-state index in [-0.39, 0.29) is 5.56 Å². The average Bonchev–Trinajstić information content (AvgIpc) is 3.16. The summed E-state index contributed by atoms with van der Waals surface area (Å²) >= 11 is 1.55. The van der Waals surface area contributed by atoms with Gasteiger partial charge in [0.15, 0.2) is 5.16 Å². The van der Waals surface area contributed by atoms with Gasteiger partial charge in [0, 0.05) is 18.1 Å². The molecular formula is C22H22N4OS. The molecule has 0 aliphatic rings. The molecule has 0 spiro atoms. The fraction of sp³-hybridized carbons (Fsp3) is 0.227. The third-order valence-electron chi connectivity index (χ3n) is 4.77. The number of rotatable bonds is 5. The van der Waals surface area contributed by atoms with Gasteiger partial charge >= 0.3 is 0 Å². The van der Waals surface area contributed by atoms with Crippen LogP contribution in [-0.2, 0) is 5.75 Å². The lowest BCUT2D eigenvalue weighted by Crippen LogP contribution is -2.12. The third kappa shape index (κ3) is 3.60. The second kappa shape index (κ2) is 7.64. The zero-order chi connectivity index (χ0) is 19.7. The largest absolute Gasteiger partial charge is 0.309 e. The summed E-state index contributed by atoms with van der Waals surface area (Å²) in [7, 11) is 0. The Hall–Kier alpha value is -2.86. The van der Waals surface area contributed by atoms with E-state index >= 15 is 0 Å². The predicted molar refractivity (Wildman–Crippen MR) is 114 cm³/mol. The lowest BCUT2D eigenvalue weighted by atomic mass is 10.0. The van der Waals surface area contributed by atoms with Crippen LogP contribution in [0.2, 0.25) is 0 Å². The molecule has 6 heteroatoms. The molecule has 0 bridgehead atoms. The molecule has 0 saturated heterocycles. The summed E-state index contributed by atoms with van der Waals surface area (Å²) in [5.41, 5.74) is 4.04. The SMILES string of the molecule is Cc1cccc2c(=O)[nH]c(CSc3nccn3-c3ccc(C(C)C)cc3)nc12. The van der Waals surface area contributed by atoms with Gasteiger partial charge in [-0.15, -0.1) is 0 Å². The van der Waals surface area contributed by atoms with Gasteiger partial charge in [0.05, 0.1) is 16.7 Å². The van der Waals surface area contributed by atoms with Crippen LogP contribution >= 0.6 is 11.8 Å². The first kappa shape index (κ1) is 18.5. The number of fused-ring (bicyclic) bond motifs is 1. The fourth-order valence-electron chi connectivity index (χ4n) is 3.17. The van der Waals surface area contributed by atoms with Gasteiger partial charge in [0.25, 0.3) is 5.56 Å². The molecule has 0 amide bonds. The average molecular weight is 391 g/mol. The van der Waals surface area contributed by atoms with Crippen LogP contribution in [0.4, 0.5) is 0 Å². The first-order valence-corrected chi connectivity index (χ1v) is 10.3. The van der Waals surface area contributed by atoms with Gasteiger partial charge in [-0.25, -0.2) is 9.97 Å². The fourth-order valence-corrected chi connectivity index (χ4v) is 4.01. The highest BCUT2D eigenvalue weighted by Gasteiger charge is 2.10.